The Morgan fingerprint density at radius 3 is 2.69 bits per heavy atom. The highest BCUT2D eigenvalue weighted by molar-refractivity contribution is 5.40. The molecule has 1 atom stereocenters. The molecule has 1 aromatic rings. The molecule has 0 aliphatic carbocycles. The lowest BCUT2D eigenvalue weighted by Gasteiger charge is -2.26. The van der Waals surface area contributed by atoms with E-state index in [1.54, 1.807) is 7.11 Å². The Labute approximate surface area is 97.4 Å². The van der Waals surface area contributed by atoms with Crippen LogP contribution in [0.1, 0.15) is 24.5 Å². The monoisotopic (exact) mass is 223 g/mol. The molecule has 0 saturated heterocycles. The minimum Gasteiger partial charge on any atom is -0.496 e. The third-order valence-electron chi connectivity index (χ3n) is 2.80. The molecule has 0 saturated carbocycles. The molecule has 0 aromatic heterocycles. The van der Waals surface area contributed by atoms with E-state index in [9.17, 15) is 5.11 Å². The van der Waals surface area contributed by atoms with Crippen molar-refractivity contribution in [3.05, 3.63) is 29.3 Å². The number of benzene rings is 1. The van der Waals surface area contributed by atoms with Gasteiger partial charge in [0.1, 0.15) is 5.75 Å². The minimum atomic E-state index is -0.861. The summed E-state index contributed by atoms with van der Waals surface area (Å²) in [4.78, 5) is 0. The first-order valence-corrected chi connectivity index (χ1v) is 5.53. The number of aliphatic hydroxyl groups is 1. The predicted molar refractivity (Wildman–Crippen MR) is 65.8 cm³/mol. The van der Waals surface area contributed by atoms with E-state index in [1.807, 2.05) is 39.1 Å². The van der Waals surface area contributed by atoms with Crippen LogP contribution < -0.4 is 10.1 Å². The van der Waals surface area contributed by atoms with Crippen LogP contribution in [0.3, 0.4) is 0 Å². The minimum absolute atomic E-state index is 0.656. The molecular weight excluding hydrogens is 202 g/mol. The van der Waals surface area contributed by atoms with Crippen molar-refractivity contribution in [1.82, 2.24) is 5.32 Å². The Morgan fingerprint density at radius 1 is 1.44 bits per heavy atom. The molecule has 1 rings (SSSR count). The predicted octanol–water partition coefficient (Wildman–Crippen LogP) is 1.82. The van der Waals surface area contributed by atoms with Crippen LogP contribution >= 0.6 is 0 Å². The maximum absolute atomic E-state index is 10.4. The van der Waals surface area contributed by atoms with Crippen molar-refractivity contribution in [3.8, 4) is 5.75 Å². The Morgan fingerprint density at radius 2 is 2.12 bits per heavy atom. The zero-order chi connectivity index (χ0) is 12.2. The molecule has 0 aliphatic heterocycles. The van der Waals surface area contributed by atoms with Gasteiger partial charge in [-0.05, 0) is 46.0 Å². The summed E-state index contributed by atoms with van der Waals surface area (Å²) >= 11 is 0. The second-order valence-corrected chi connectivity index (χ2v) is 4.33. The molecule has 0 aliphatic rings. The molecule has 2 N–H and O–H groups in total. The van der Waals surface area contributed by atoms with Crippen LogP contribution in [0.25, 0.3) is 0 Å². The molecule has 0 bridgehead atoms. The van der Waals surface area contributed by atoms with Crippen LogP contribution in [0.2, 0.25) is 0 Å². The molecule has 0 amide bonds. The van der Waals surface area contributed by atoms with Crippen molar-refractivity contribution in [3.63, 3.8) is 0 Å². The lowest BCUT2D eigenvalue weighted by molar-refractivity contribution is 0.0459. The van der Waals surface area contributed by atoms with Crippen molar-refractivity contribution in [2.24, 2.45) is 0 Å². The van der Waals surface area contributed by atoms with E-state index in [2.05, 4.69) is 5.32 Å². The first-order valence-electron chi connectivity index (χ1n) is 5.53. The van der Waals surface area contributed by atoms with Crippen molar-refractivity contribution in [2.75, 3.05) is 20.7 Å². The van der Waals surface area contributed by atoms with Crippen molar-refractivity contribution < 1.29 is 9.84 Å². The summed E-state index contributed by atoms with van der Waals surface area (Å²) in [5, 5.41) is 13.5. The van der Waals surface area contributed by atoms with Crippen molar-refractivity contribution in [1.29, 1.82) is 0 Å². The average molecular weight is 223 g/mol. The van der Waals surface area contributed by atoms with Crippen LogP contribution in [-0.2, 0) is 5.60 Å². The van der Waals surface area contributed by atoms with Gasteiger partial charge in [-0.1, -0.05) is 11.6 Å². The quantitative estimate of drug-likeness (QED) is 0.800. The van der Waals surface area contributed by atoms with Crippen molar-refractivity contribution in [2.45, 2.75) is 25.9 Å². The number of nitrogens with one attached hydrogen (secondary N) is 1. The number of aryl methyl sites for hydroxylation is 1. The fraction of sp³-hybridized carbons (Fsp3) is 0.538. The molecule has 3 heteroatoms. The Bertz CT molecular complexity index is 348. The lowest BCUT2D eigenvalue weighted by atomic mass is 9.90. The summed E-state index contributed by atoms with van der Waals surface area (Å²) in [7, 11) is 3.51. The fourth-order valence-electron chi connectivity index (χ4n) is 1.75. The highest BCUT2D eigenvalue weighted by Crippen LogP contribution is 2.32. The van der Waals surface area contributed by atoms with Gasteiger partial charge in [-0.2, -0.15) is 0 Å². The Kier molecular flexibility index (Phi) is 4.33. The van der Waals surface area contributed by atoms with Gasteiger partial charge >= 0.3 is 0 Å². The van der Waals surface area contributed by atoms with Gasteiger partial charge in [-0.25, -0.2) is 0 Å². The number of methoxy groups -OCH3 is 1. The number of ether oxygens (including phenoxy) is 1. The van der Waals surface area contributed by atoms with Gasteiger partial charge in [-0.15, -0.1) is 0 Å². The molecule has 0 fully saturated rings. The van der Waals surface area contributed by atoms with Crippen LogP contribution in [-0.4, -0.2) is 25.8 Å². The van der Waals surface area contributed by atoms with E-state index in [0.717, 1.165) is 23.4 Å². The number of rotatable bonds is 5. The third-order valence-corrected chi connectivity index (χ3v) is 2.80. The van der Waals surface area contributed by atoms with Gasteiger partial charge in [0.05, 0.1) is 12.7 Å². The van der Waals surface area contributed by atoms with Gasteiger partial charge in [0.2, 0.25) is 0 Å². The summed E-state index contributed by atoms with van der Waals surface area (Å²) in [5.74, 6) is 0.742. The van der Waals surface area contributed by atoms with Crippen LogP contribution in [0.5, 0.6) is 5.75 Å². The fourth-order valence-corrected chi connectivity index (χ4v) is 1.75. The van der Waals surface area contributed by atoms with E-state index in [4.69, 9.17) is 4.74 Å². The van der Waals surface area contributed by atoms with Gasteiger partial charge in [0.25, 0.3) is 0 Å². The summed E-state index contributed by atoms with van der Waals surface area (Å²) < 4.78 is 5.29. The second kappa shape index (κ2) is 5.32. The smallest absolute Gasteiger partial charge is 0.124 e. The van der Waals surface area contributed by atoms with E-state index in [1.165, 1.54) is 0 Å². The van der Waals surface area contributed by atoms with Gasteiger partial charge in [0, 0.05) is 5.56 Å². The SMILES string of the molecule is CNCCC(C)(O)c1cc(C)ccc1OC. The summed E-state index contributed by atoms with van der Waals surface area (Å²) in [6.07, 6.45) is 0.656. The summed E-state index contributed by atoms with van der Waals surface area (Å²) in [5.41, 5.74) is 1.12. The number of hydrogen-bond acceptors (Lipinski definition) is 3. The standard InChI is InChI=1S/C13H21NO2/c1-10-5-6-12(16-4)11(9-10)13(2,15)7-8-14-3/h5-6,9,14-15H,7-8H2,1-4H3. The first-order chi connectivity index (χ1) is 7.51. The zero-order valence-corrected chi connectivity index (χ0v) is 10.5. The Balaban J connectivity index is 3.04. The normalized spacial score (nSPS) is 14.6. The molecular formula is C13H21NO2. The van der Waals surface area contributed by atoms with E-state index < -0.39 is 5.60 Å². The molecule has 16 heavy (non-hydrogen) atoms. The summed E-state index contributed by atoms with van der Waals surface area (Å²) in [6, 6.07) is 5.86. The van der Waals surface area contributed by atoms with E-state index in [0.29, 0.717) is 6.42 Å². The first kappa shape index (κ1) is 13.0. The van der Waals surface area contributed by atoms with Crippen LogP contribution in [0.15, 0.2) is 18.2 Å². The third kappa shape index (κ3) is 2.97. The molecule has 90 valence electrons. The Hall–Kier alpha value is -1.06. The highest BCUT2D eigenvalue weighted by Gasteiger charge is 2.26. The molecule has 0 radical (unpaired) electrons. The molecule has 3 nitrogen and oxygen atoms in total. The zero-order valence-electron chi connectivity index (χ0n) is 10.5. The van der Waals surface area contributed by atoms with Gasteiger partial charge < -0.3 is 15.2 Å². The molecule has 0 heterocycles. The highest BCUT2D eigenvalue weighted by atomic mass is 16.5. The number of hydrogen-bond donors (Lipinski definition) is 2. The molecule has 1 unspecified atom stereocenters. The summed E-state index contributed by atoms with van der Waals surface area (Å²) in [6.45, 7) is 4.60. The van der Waals surface area contributed by atoms with Gasteiger partial charge in [0.15, 0.2) is 0 Å². The second-order valence-electron chi connectivity index (χ2n) is 4.33. The maximum Gasteiger partial charge on any atom is 0.124 e. The van der Waals surface area contributed by atoms with Gasteiger partial charge in [-0.3, -0.25) is 0 Å². The van der Waals surface area contributed by atoms with E-state index >= 15 is 0 Å². The van der Waals surface area contributed by atoms with Crippen molar-refractivity contribution >= 4 is 0 Å². The van der Waals surface area contributed by atoms with Crippen LogP contribution in [0.4, 0.5) is 0 Å². The average Bonchev–Trinajstić information content (AvgIpc) is 2.26. The largest absolute Gasteiger partial charge is 0.496 e. The van der Waals surface area contributed by atoms with E-state index in [-0.39, 0.29) is 0 Å². The molecule has 1 aromatic carbocycles. The lowest BCUT2D eigenvalue weighted by Crippen LogP contribution is -2.27. The van der Waals surface area contributed by atoms with Crippen LogP contribution in [0, 0.1) is 6.92 Å². The molecule has 0 spiro atoms. The topological polar surface area (TPSA) is 41.5 Å². The maximum atomic E-state index is 10.4.